The van der Waals surface area contributed by atoms with Gasteiger partial charge in [0.25, 0.3) is 5.91 Å². The van der Waals surface area contributed by atoms with Crippen molar-refractivity contribution in [1.82, 2.24) is 10.6 Å². The molecule has 0 saturated carbocycles. The van der Waals surface area contributed by atoms with Crippen molar-refractivity contribution in [2.45, 2.75) is 84.5 Å². The molecule has 2 rings (SSSR count). The third kappa shape index (κ3) is 10.1. The van der Waals surface area contributed by atoms with E-state index in [0.29, 0.717) is 24.9 Å². The summed E-state index contributed by atoms with van der Waals surface area (Å²) in [6.07, 6.45) is 1.79. The van der Waals surface area contributed by atoms with Crippen molar-refractivity contribution in [2.75, 3.05) is 6.54 Å². The van der Waals surface area contributed by atoms with Crippen LogP contribution < -0.4 is 16.4 Å². The highest BCUT2D eigenvalue weighted by molar-refractivity contribution is 6.06. The Balaban J connectivity index is 1.91. The summed E-state index contributed by atoms with van der Waals surface area (Å²) in [5, 5.41) is 12.9. The van der Waals surface area contributed by atoms with Crippen LogP contribution in [-0.4, -0.2) is 54.0 Å². The molecule has 1 fully saturated rings. The van der Waals surface area contributed by atoms with E-state index in [2.05, 4.69) is 10.6 Å². The Morgan fingerprint density at radius 3 is 2.27 bits per heavy atom. The first kappa shape index (κ1) is 30.2. The summed E-state index contributed by atoms with van der Waals surface area (Å²) < 4.78 is 5.36. The van der Waals surface area contributed by atoms with E-state index in [-0.39, 0.29) is 41.6 Å². The van der Waals surface area contributed by atoms with Gasteiger partial charge in [-0.25, -0.2) is 0 Å². The summed E-state index contributed by atoms with van der Waals surface area (Å²) >= 11 is 0. The monoisotopic (exact) mass is 514 g/mol. The maximum absolute atomic E-state index is 13.2. The SMILES string of the molecule is CC(C)CC(CC(=O)C(NC(=O)C1OC1C(=O)c1ccccc1)C(C)C)C(=O)NCCCCCC(=N)N. The Bertz CT molecular complexity index is 947. The summed E-state index contributed by atoms with van der Waals surface area (Å²) in [5.74, 6) is -1.43. The number of amidine groups is 1. The van der Waals surface area contributed by atoms with Crippen LogP contribution in [0.4, 0.5) is 0 Å². The molecule has 0 radical (unpaired) electrons. The number of ketones is 2. The molecule has 1 heterocycles. The maximum Gasteiger partial charge on any atom is 0.252 e. The van der Waals surface area contributed by atoms with E-state index >= 15 is 0 Å². The summed E-state index contributed by atoms with van der Waals surface area (Å²) in [4.78, 5) is 51.5. The molecule has 9 heteroatoms. The number of unbranched alkanes of at least 4 members (excludes halogenated alkanes) is 2. The standard InChI is InChI=1S/C28H42N4O5/c1-17(2)15-20(27(35)31-14-10-6-9-13-22(29)30)16-21(33)23(18(3)4)32-28(36)26-25(37-26)24(34)19-11-7-5-8-12-19/h5,7-8,11-12,17-18,20,23,25-26H,6,9-10,13-16H2,1-4H3,(H3,29,30)(H,31,35)(H,32,36). The van der Waals surface area contributed by atoms with Gasteiger partial charge in [0, 0.05) is 30.9 Å². The van der Waals surface area contributed by atoms with E-state index in [9.17, 15) is 19.2 Å². The Morgan fingerprint density at radius 2 is 1.68 bits per heavy atom. The first-order chi connectivity index (χ1) is 17.5. The number of Topliss-reactive ketones (excluding diaryl/α,β-unsaturated/α-hetero) is 2. The van der Waals surface area contributed by atoms with Crippen molar-refractivity contribution in [3.05, 3.63) is 35.9 Å². The molecular formula is C28H42N4O5. The van der Waals surface area contributed by atoms with E-state index < -0.39 is 30.1 Å². The molecule has 204 valence electrons. The Kier molecular flexibility index (Phi) is 11.9. The lowest BCUT2D eigenvalue weighted by Crippen LogP contribution is -2.48. The minimum Gasteiger partial charge on any atom is -0.388 e. The molecule has 1 aromatic rings. The van der Waals surface area contributed by atoms with Gasteiger partial charge in [0.15, 0.2) is 23.8 Å². The summed E-state index contributed by atoms with van der Waals surface area (Å²) in [5.41, 5.74) is 5.83. The van der Waals surface area contributed by atoms with Crippen LogP contribution in [-0.2, 0) is 19.1 Å². The molecule has 5 N–H and O–H groups in total. The fourth-order valence-corrected chi connectivity index (χ4v) is 4.33. The highest BCUT2D eigenvalue weighted by Gasteiger charge is 2.51. The lowest BCUT2D eigenvalue weighted by atomic mass is 9.87. The van der Waals surface area contributed by atoms with Crippen LogP contribution in [0.5, 0.6) is 0 Å². The second kappa shape index (κ2) is 14.6. The number of rotatable bonds is 17. The third-order valence-electron chi connectivity index (χ3n) is 6.37. The topological polar surface area (TPSA) is 155 Å². The molecule has 0 aromatic heterocycles. The summed E-state index contributed by atoms with van der Waals surface area (Å²) in [7, 11) is 0. The van der Waals surface area contributed by atoms with Gasteiger partial charge in [0.1, 0.15) is 0 Å². The molecule has 37 heavy (non-hydrogen) atoms. The first-order valence-electron chi connectivity index (χ1n) is 13.2. The van der Waals surface area contributed by atoms with Gasteiger partial charge in [0.2, 0.25) is 5.91 Å². The molecule has 4 unspecified atom stereocenters. The summed E-state index contributed by atoms with van der Waals surface area (Å²) in [6.45, 7) is 8.17. The molecule has 2 amide bonds. The Hall–Kier alpha value is -3.07. The van der Waals surface area contributed by atoms with Gasteiger partial charge in [-0.2, -0.15) is 0 Å². The highest BCUT2D eigenvalue weighted by atomic mass is 16.6. The van der Waals surface area contributed by atoms with Crippen LogP contribution in [0, 0.1) is 23.2 Å². The lowest BCUT2D eigenvalue weighted by molar-refractivity contribution is -0.133. The zero-order valence-corrected chi connectivity index (χ0v) is 22.4. The molecule has 0 aliphatic carbocycles. The molecule has 1 aliphatic heterocycles. The number of ether oxygens (including phenoxy) is 1. The Labute approximate surface area is 219 Å². The fourth-order valence-electron chi connectivity index (χ4n) is 4.33. The molecule has 1 aromatic carbocycles. The number of amides is 2. The average molecular weight is 515 g/mol. The zero-order valence-electron chi connectivity index (χ0n) is 22.4. The van der Waals surface area contributed by atoms with Crippen molar-refractivity contribution in [2.24, 2.45) is 23.5 Å². The Morgan fingerprint density at radius 1 is 1.00 bits per heavy atom. The van der Waals surface area contributed by atoms with E-state index in [4.69, 9.17) is 15.9 Å². The maximum atomic E-state index is 13.2. The van der Waals surface area contributed by atoms with Crippen molar-refractivity contribution < 1.29 is 23.9 Å². The fraction of sp³-hybridized carbons (Fsp3) is 0.607. The number of hydrogen-bond acceptors (Lipinski definition) is 6. The van der Waals surface area contributed by atoms with Crippen molar-refractivity contribution in [3.8, 4) is 0 Å². The quantitative estimate of drug-likeness (QED) is 0.0823. The van der Waals surface area contributed by atoms with Gasteiger partial charge in [-0.15, -0.1) is 0 Å². The van der Waals surface area contributed by atoms with Crippen molar-refractivity contribution in [1.29, 1.82) is 5.41 Å². The van der Waals surface area contributed by atoms with E-state index in [1.54, 1.807) is 30.3 Å². The van der Waals surface area contributed by atoms with Crippen LogP contribution in [0.25, 0.3) is 0 Å². The minimum atomic E-state index is -0.917. The predicted octanol–water partition coefficient (Wildman–Crippen LogP) is 3.01. The molecule has 9 nitrogen and oxygen atoms in total. The molecule has 0 bridgehead atoms. The zero-order chi connectivity index (χ0) is 27.5. The van der Waals surface area contributed by atoms with Gasteiger partial charge in [-0.3, -0.25) is 24.6 Å². The number of benzene rings is 1. The minimum absolute atomic E-state index is 0.0232. The molecule has 0 spiro atoms. The smallest absolute Gasteiger partial charge is 0.252 e. The second-order valence-electron chi connectivity index (χ2n) is 10.6. The van der Waals surface area contributed by atoms with Crippen LogP contribution in [0.2, 0.25) is 0 Å². The van der Waals surface area contributed by atoms with E-state index in [1.807, 2.05) is 27.7 Å². The van der Waals surface area contributed by atoms with Crippen LogP contribution in [0.1, 0.15) is 76.6 Å². The van der Waals surface area contributed by atoms with E-state index in [0.717, 1.165) is 19.3 Å². The average Bonchev–Trinajstić information content (AvgIpc) is 3.64. The van der Waals surface area contributed by atoms with Crippen LogP contribution in [0.3, 0.4) is 0 Å². The molecule has 4 atom stereocenters. The summed E-state index contributed by atoms with van der Waals surface area (Å²) in [6, 6.07) is 7.86. The third-order valence-corrected chi connectivity index (χ3v) is 6.37. The van der Waals surface area contributed by atoms with Gasteiger partial charge < -0.3 is 21.1 Å². The largest absolute Gasteiger partial charge is 0.388 e. The first-order valence-corrected chi connectivity index (χ1v) is 13.2. The number of hydrogen-bond donors (Lipinski definition) is 4. The molecule has 1 aliphatic rings. The number of carbonyl (C=O) groups is 4. The number of nitrogens with two attached hydrogens (primary N) is 1. The van der Waals surface area contributed by atoms with Gasteiger partial charge >= 0.3 is 0 Å². The van der Waals surface area contributed by atoms with E-state index in [1.165, 1.54) is 0 Å². The van der Waals surface area contributed by atoms with Crippen molar-refractivity contribution in [3.63, 3.8) is 0 Å². The molecule has 1 saturated heterocycles. The van der Waals surface area contributed by atoms with Gasteiger partial charge in [0.05, 0.1) is 11.9 Å². The molecular weight excluding hydrogens is 472 g/mol. The van der Waals surface area contributed by atoms with Crippen molar-refractivity contribution >= 4 is 29.2 Å². The van der Waals surface area contributed by atoms with Crippen LogP contribution in [0.15, 0.2) is 30.3 Å². The normalized spacial score (nSPS) is 18.2. The van der Waals surface area contributed by atoms with Gasteiger partial charge in [-0.1, -0.05) is 64.4 Å². The lowest BCUT2D eigenvalue weighted by Gasteiger charge is -2.24. The number of carbonyl (C=O) groups excluding carboxylic acids is 4. The highest BCUT2D eigenvalue weighted by Crippen LogP contribution is 2.27. The number of nitrogens with one attached hydrogen (secondary N) is 3. The predicted molar refractivity (Wildman–Crippen MR) is 142 cm³/mol. The second-order valence-corrected chi connectivity index (χ2v) is 10.6. The van der Waals surface area contributed by atoms with Crippen LogP contribution >= 0.6 is 0 Å². The number of epoxide rings is 1. The van der Waals surface area contributed by atoms with Gasteiger partial charge in [-0.05, 0) is 31.1 Å².